The first-order valence-corrected chi connectivity index (χ1v) is 15.3. The molecule has 5 rings (SSSR count). The average Bonchev–Trinajstić information content (AvgIpc) is 3.04. The van der Waals surface area contributed by atoms with E-state index in [2.05, 4.69) is 10.6 Å². The highest BCUT2D eigenvalue weighted by Gasteiger charge is 2.51. The van der Waals surface area contributed by atoms with E-state index in [-0.39, 0.29) is 58.5 Å². The molecule has 244 valence electrons. The van der Waals surface area contributed by atoms with Crippen LogP contribution in [-0.4, -0.2) is 57.4 Å². The van der Waals surface area contributed by atoms with Gasteiger partial charge < -0.3 is 39.6 Å². The Labute approximate surface area is 266 Å². The molecule has 2 aromatic carbocycles. The zero-order chi connectivity index (χ0) is 33.2. The highest BCUT2D eigenvalue weighted by Crippen LogP contribution is 2.52. The van der Waals surface area contributed by atoms with Crippen molar-refractivity contribution in [1.29, 1.82) is 0 Å². The molecule has 4 atom stereocenters. The van der Waals surface area contributed by atoms with Crippen molar-refractivity contribution in [3.63, 3.8) is 0 Å². The molecule has 0 amide bonds. The summed E-state index contributed by atoms with van der Waals surface area (Å²) >= 11 is 0. The minimum absolute atomic E-state index is 0.0296. The van der Waals surface area contributed by atoms with Crippen LogP contribution in [0.25, 0.3) is 22.1 Å². The van der Waals surface area contributed by atoms with E-state index in [1.54, 1.807) is 39.0 Å². The van der Waals surface area contributed by atoms with Gasteiger partial charge in [0.15, 0.2) is 11.0 Å². The van der Waals surface area contributed by atoms with Crippen molar-refractivity contribution in [2.24, 2.45) is 5.92 Å². The third kappa shape index (κ3) is 6.13. The molecule has 2 aliphatic heterocycles. The number of allylic oxidation sites excluding steroid dienone is 3. The van der Waals surface area contributed by atoms with E-state index in [1.807, 2.05) is 25.3 Å². The molecule has 3 aromatic rings. The number of carbonyl (C=O) groups is 1. The fourth-order valence-corrected chi connectivity index (χ4v) is 6.00. The molecule has 4 unspecified atom stereocenters. The second kappa shape index (κ2) is 13.4. The molecule has 3 heterocycles. The molecule has 0 spiro atoms. The summed E-state index contributed by atoms with van der Waals surface area (Å²) in [6.45, 7) is 6.96. The summed E-state index contributed by atoms with van der Waals surface area (Å²) in [5.41, 5.74) is 0.127. The number of phenols is 2. The maximum Gasteiger partial charge on any atom is 0.333 e. The molecule has 0 fully saturated rings. The Morgan fingerprint density at radius 1 is 1.26 bits per heavy atom. The number of nitrogens with one attached hydrogen (secondary N) is 2. The van der Waals surface area contributed by atoms with Crippen LogP contribution in [0.4, 0.5) is 0 Å². The minimum Gasteiger partial charge on any atom is -0.508 e. The van der Waals surface area contributed by atoms with E-state index in [4.69, 9.17) is 13.9 Å². The normalized spacial score (nSPS) is 21.6. The van der Waals surface area contributed by atoms with Gasteiger partial charge in [0.05, 0.1) is 18.3 Å². The van der Waals surface area contributed by atoms with Crippen molar-refractivity contribution in [2.75, 3.05) is 13.2 Å². The van der Waals surface area contributed by atoms with Crippen LogP contribution in [0, 0.1) is 5.92 Å². The van der Waals surface area contributed by atoms with Gasteiger partial charge in [-0.1, -0.05) is 31.2 Å². The van der Waals surface area contributed by atoms with Crippen LogP contribution in [0.1, 0.15) is 45.4 Å². The number of likely N-dealkylation sites (N-methyl/N-ethyl adjacent to an activating group) is 1. The summed E-state index contributed by atoms with van der Waals surface area (Å²) in [6.07, 6.45) is 6.67. The second-order valence-electron chi connectivity index (χ2n) is 11.7. The third-order valence-corrected chi connectivity index (χ3v) is 8.78. The van der Waals surface area contributed by atoms with Gasteiger partial charge in [-0.2, -0.15) is 0 Å². The largest absolute Gasteiger partial charge is 0.508 e. The monoisotopic (exact) mass is 632 g/mol. The quantitative estimate of drug-likeness (QED) is 0.141. The van der Waals surface area contributed by atoms with E-state index >= 15 is 0 Å². The van der Waals surface area contributed by atoms with Crippen LogP contribution in [-0.2, 0) is 22.6 Å². The summed E-state index contributed by atoms with van der Waals surface area (Å²) in [5, 5.41) is 49.1. The molecule has 0 aliphatic carbocycles. The molecular weight excluding hydrogens is 592 g/mol. The Balaban J connectivity index is 1.72. The number of aromatic hydroxyl groups is 2. The highest BCUT2D eigenvalue weighted by atomic mass is 16.6. The number of dihydropyridines is 1. The summed E-state index contributed by atoms with van der Waals surface area (Å²) < 4.78 is 18.8. The van der Waals surface area contributed by atoms with Gasteiger partial charge in [0.1, 0.15) is 46.7 Å². The molecule has 46 heavy (non-hydrogen) atoms. The molecule has 1 aromatic heterocycles. The summed E-state index contributed by atoms with van der Waals surface area (Å²) in [5.74, 6) is -1.57. The zero-order valence-electron chi connectivity index (χ0n) is 26.3. The maximum absolute atomic E-state index is 13.3. The predicted octanol–water partition coefficient (Wildman–Crippen LogP) is 3.91. The zero-order valence-corrected chi connectivity index (χ0v) is 26.3. The lowest BCUT2D eigenvalue weighted by molar-refractivity contribution is -0.166. The molecule has 0 saturated heterocycles. The molecular formula is C35H40N2O9. The van der Waals surface area contributed by atoms with Gasteiger partial charge in [-0.3, -0.25) is 10.1 Å². The first-order valence-electron chi connectivity index (χ1n) is 15.3. The van der Waals surface area contributed by atoms with Crippen molar-refractivity contribution < 1.29 is 39.1 Å². The maximum atomic E-state index is 13.3. The minimum atomic E-state index is -1.36. The average molecular weight is 633 g/mol. The van der Waals surface area contributed by atoms with Crippen molar-refractivity contribution in [3.05, 3.63) is 87.5 Å². The number of hydrogen-bond donors (Lipinski definition) is 6. The molecule has 2 aliphatic rings. The molecule has 0 bridgehead atoms. The number of phenolic OH excluding ortho intramolecular Hbond substituents is 2. The van der Waals surface area contributed by atoms with Crippen LogP contribution in [0.3, 0.4) is 0 Å². The number of fused-ring (bicyclic) bond motifs is 2. The second-order valence-corrected chi connectivity index (χ2v) is 11.7. The summed E-state index contributed by atoms with van der Waals surface area (Å²) in [4.78, 5) is 26.5. The first-order chi connectivity index (χ1) is 22.0. The van der Waals surface area contributed by atoms with Crippen molar-refractivity contribution >= 4 is 16.9 Å². The van der Waals surface area contributed by atoms with Gasteiger partial charge in [-0.25, -0.2) is 4.79 Å². The first kappa shape index (κ1) is 32.8. The number of carbonyl (C=O) groups excluding carboxylic acids is 1. The van der Waals surface area contributed by atoms with E-state index in [0.717, 1.165) is 18.2 Å². The topological polar surface area (TPSA) is 171 Å². The number of rotatable bonds is 10. The Morgan fingerprint density at radius 2 is 2.04 bits per heavy atom. The molecule has 11 heteroatoms. The summed E-state index contributed by atoms with van der Waals surface area (Å²) in [6, 6.07) is 7.35. The molecule has 0 radical (unpaired) electrons. The van der Waals surface area contributed by atoms with Crippen molar-refractivity contribution in [1.82, 2.24) is 10.6 Å². The number of hydrogen-bond acceptors (Lipinski definition) is 11. The van der Waals surface area contributed by atoms with Crippen LogP contribution >= 0.6 is 0 Å². The number of aliphatic hydroxyl groups is 2. The van der Waals surface area contributed by atoms with Crippen LogP contribution < -0.4 is 20.8 Å². The van der Waals surface area contributed by atoms with Crippen molar-refractivity contribution in [3.8, 4) is 28.4 Å². The lowest BCUT2D eigenvalue weighted by Crippen LogP contribution is -2.57. The van der Waals surface area contributed by atoms with Gasteiger partial charge in [-0.15, -0.1) is 0 Å². The van der Waals surface area contributed by atoms with Gasteiger partial charge in [-0.05, 0) is 63.1 Å². The molecule has 11 nitrogen and oxygen atoms in total. The van der Waals surface area contributed by atoms with Crippen molar-refractivity contribution in [2.45, 2.75) is 65.0 Å². The standard InChI is InChI=1S/C35H40N2O9/c1-5-19(3)34(43)45-27-15-25-31(42)30-26(41)14-24(18-39)44-33(30)29(21-8-7-9-23(40)13-21)32(25)46-35(27,4)22(17-38)12-20-10-11-28(36-6-2)37-16-20/h5,7-11,13-14,16,22,27-28,36-40,42H,6,12,15,17-18H2,1-4H3. The van der Waals surface area contributed by atoms with Gasteiger partial charge in [0.2, 0.25) is 0 Å². The van der Waals surface area contributed by atoms with Crippen LogP contribution in [0.15, 0.2) is 75.1 Å². The third-order valence-electron chi connectivity index (χ3n) is 8.78. The SMILES string of the molecule is CC=C(C)C(=O)OC1Cc2c(c(-c3cccc(O)c3)c3oc(CO)cc(=O)c3c2O)OC1(C)C(CO)CC1=CNC(NCC)C=C1. The summed E-state index contributed by atoms with van der Waals surface area (Å²) in [7, 11) is 0. The number of benzene rings is 2. The lowest BCUT2D eigenvalue weighted by atomic mass is 9.75. The van der Waals surface area contributed by atoms with E-state index < -0.39 is 41.4 Å². The predicted molar refractivity (Wildman–Crippen MR) is 172 cm³/mol. The van der Waals surface area contributed by atoms with E-state index in [9.17, 15) is 30.0 Å². The van der Waals surface area contributed by atoms with Crippen LogP contribution in [0.2, 0.25) is 0 Å². The van der Waals surface area contributed by atoms with E-state index in [1.165, 1.54) is 12.1 Å². The van der Waals surface area contributed by atoms with Gasteiger partial charge >= 0.3 is 5.97 Å². The van der Waals surface area contributed by atoms with Gasteiger partial charge in [0, 0.05) is 35.7 Å². The highest BCUT2D eigenvalue weighted by molar-refractivity contribution is 6.01. The molecule has 0 saturated carbocycles. The Kier molecular flexibility index (Phi) is 9.57. The van der Waals surface area contributed by atoms with Crippen LogP contribution in [0.5, 0.6) is 17.2 Å². The fraction of sp³-hybridized carbons (Fsp3) is 0.371. The number of aliphatic hydroxyl groups excluding tert-OH is 2. The Hall–Kier alpha value is -4.58. The lowest BCUT2D eigenvalue weighted by Gasteiger charge is -2.46. The van der Waals surface area contributed by atoms with Gasteiger partial charge in [0.25, 0.3) is 0 Å². The number of ether oxygens (including phenoxy) is 2. The number of esters is 1. The van der Waals surface area contributed by atoms with E-state index in [0.29, 0.717) is 17.6 Å². The fourth-order valence-electron chi connectivity index (χ4n) is 6.00. The molecule has 6 N–H and O–H groups in total. The Morgan fingerprint density at radius 3 is 2.67 bits per heavy atom. The smallest absolute Gasteiger partial charge is 0.333 e. The Bertz CT molecular complexity index is 1790.